The molecule has 0 unspecified atom stereocenters. The molecule has 0 atom stereocenters. The number of aliphatic imine (C=N–C) groups is 1. The predicted octanol–water partition coefficient (Wildman–Crippen LogP) is 2.12. The third-order valence-electron chi connectivity index (χ3n) is 4.57. The first-order valence-corrected chi connectivity index (χ1v) is 8.54. The molecule has 1 fully saturated rings. The van der Waals surface area contributed by atoms with E-state index >= 15 is 0 Å². The molecule has 2 aromatic heterocycles. The van der Waals surface area contributed by atoms with Crippen LogP contribution < -0.4 is 10.6 Å². The Labute approximate surface area is 173 Å². The van der Waals surface area contributed by atoms with Gasteiger partial charge in [0.15, 0.2) is 11.6 Å². The second kappa shape index (κ2) is 8.51. The summed E-state index contributed by atoms with van der Waals surface area (Å²) in [5.41, 5.74) is 8.94. The van der Waals surface area contributed by atoms with Gasteiger partial charge in [-0.15, -0.1) is 24.0 Å². The number of anilines is 1. The average molecular weight is 481 g/mol. The van der Waals surface area contributed by atoms with E-state index in [0.717, 1.165) is 43.2 Å². The molecule has 142 valence electrons. The summed E-state index contributed by atoms with van der Waals surface area (Å²) < 4.78 is 14.8. The molecule has 1 aliphatic heterocycles. The molecule has 3 heterocycles. The van der Waals surface area contributed by atoms with Crippen LogP contribution in [0.25, 0.3) is 5.65 Å². The maximum Gasteiger partial charge on any atom is 0.191 e. The standard InChI is InChI=1S/C18H20FN7.HI/c19-14-1-3-15(4-2-14)24-9-11-25(12-10-24)18(20)22-13-16-5-7-21-17-6-8-23-26(16)17;/h1-8H,9-13H2,(H2,20,22);1H. The van der Waals surface area contributed by atoms with Crippen molar-refractivity contribution in [3.63, 3.8) is 0 Å². The van der Waals surface area contributed by atoms with Crippen molar-refractivity contribution in [1.82, 2.24) is 19.5 Å². The molecule has 2 N–H and O–H groups in total. The normalized spacial score (nSPS) is 15.1. The van der Waals surface area contributed by atoms with Gasteiger partial charge in [0.25, 0.3) is 0 Å². The second-order valence-corrected chi connectivity index (χ2v) is 6.16. The van der Waals surface area contributed by atoms with Crippen LogP contribution in [0, 0.1) is 5.82 Å². The van der Waals surface area contributed by atoms with Crippen molar-refractivity contribution in [1.29, 1.82) is 0 Å². The Hall–Kier alpha value is -2.43. The van der Waals surface area contributed by atoms with Gasteiger partial charge in [0.1, 0.15) is 5.82 Å². The van der Waals surface area contributed by atoms with Gasteiger partial charge in [0, 0.05) is 44.1 Å². The molecule has 4 rings (SSSR count). The second-order valence-electron chi connectivity index (χ2n) is 6.16. The lowest BCUT2D eigenvalue weighted by molar-refractivity contribution is 0.380. The molecule has 1 aromatic carbocycles. The summed E-state index contributed by atoms with van der Waals surface area (Å²) in [6.07, 6.45) is 3.47. The minimum atomic E-state index is -0.217. The highest BCUT2D eigenvalue weighted by atomic mass is 127. The summed E-state index contributed by atoms with van der Waals surface area (Å²) in [5.74, 6) is 0.312. The zero-order valence-electron chi connectivity index (χ0n) is 14.7. The summed E-state index contributed by atoms with van der Waals surface area (Å²) in [6, 6.07) is 10.3. The van der Waals surface area contributed by atoms with Gasteiger partial charge in [-0.05, 0) is 30.3 Å². The number of hydrogen-bond donors (Lipinski definition) is 1. The molecule has 9 heteroatoms. The van der Waals surface area contributed by atoms with Crippen LogP contribution in [0.2, 0.25) is 0 Å². The van der Waals surface area contributed by atoms with Gasteiger partial charge in [0.2, 0.25) is 0 Å². The number of halogens is 2. The van der Waals surface area contributed by atoms with E-state index in [-0.39, 0.29) is 29.8 Å². The van der Waals surface area contributed by atoms with E-state index in [2.05, 4.69) is 24.9 Å². The third kappa shape index (κ3) is 4.29. The number of nitrogens with zero attached hydrogens (tertiary/aromatic N) is 6. The SMILES string of the molecule is I.NC(=NCc1ccnc2ccnn12)N1CCN(c2ccc(F)cc2)CC1. The first-order chi connectivity index (χ1) is 12.7. The van der Waals surface area contributed by atoms with Gasteiger partial charge in [0.05, 0.1) is 18.4 Å². The van der Waals surface area contributed by atoms with E-state index in [1.165, 1.54) is 12.1 Å². The Morgan fingerprint density at radius 1 is 1.04 bits per heavy atom. The highest BCUT2D eigenvalue weighted by Gasteiger charge is 2.18. The fourth-order valence-corrected chi connectivity index (χ4v) is 3.11. The average Bonchev–Trinajstić information content (AvgIpc) is 3.16. The Balaban J connectivity index is 0.00000210. The van der Waals surface area contributed by atoms with Crippen LogP contribution in [0.15, 0.2) is 53.8 Å². The molecule has 0 bridgehead atoms. The van der Waals surface area contributed by atoms with Crippen LogP contribution >= 0.6 is 24.0 Å². The fraction of sp³-hybridized carbons (Fsp3) is 0.278. The predicted molar refractivity (Wildman–Crippen MR) is 114 cm³/mol. The summed E-state index contributed by atoms with van der Waals surface area (Å²) in [6.45, 7) is 3.65. The number of aromatic nitrogens is 3. The zero-order chi connectivity index (χ0) is 17.9. The van der Waals surface area contributed by atoms with E-state index < -0.39 is 0 Å². The van der Waals surface area contributed by atoms with Crippen molar-refractivity contribution in [2.45, 2.75) is 6.54 Å². The van der Waals surface area contributed by atoms with Crippen LogP contribution in [0.5, 0.6) is 0 Å². The minimum absolute atomic E-state index is 0. The maximum absolute atomic E-state index is 13.1. The highest BCUT2D eigenvalue weighted by Crippen LogP contribution is 2.17. The highest BCUT2D eigenvalue weighted by molar-refractivity contribution is 14.0. The lowest BCUT2D eigenvalue weighted by Gasteiger charge is -2.36. The smallest absolute Gasteiger partial charge is 0.191 e. The molecular formula is C18H21FIN7. The molecule has 0 radical (unpaired) electrons. The Morgan fingerprint density at radius 3 is 2.52 bits per heavy atom. The minimum Gasteiger partial charge on any atom is -0.370 e. The van der Waals surface area contributed by atoms with E-state index in [1.54, 1.807) is 29.0 Å². The number of guanidine groups is 1. The van der Waals surface area contributed by atoms with Crippen molar-refractivity contribution in [2.24, 2.45) is 10.7 Å². The number of benzene rings is 1. The molecular weight excluding hydrogens is 460 g/mol. The van der Waals surface area contributed by atoms with Crippen molar-refractivity contribution >= 4 is 41.3 Å². The van der Waals surface area contributed by atoms with Crippen LogP contribution in [-0.4, -0.2) is 51.6 Å². The zero-order valence-corrected chi connectivity index (χ0v) is 17.0. The van der Waals surface area contributed by atoms with E-state index in [4.69, 9.17) is 5.73 Å². The van der Waals surface area contributed by atoms with Crippen molar-refractivity contribution in [3.05, 3.63) is 60.3 Å². The maximum atomic E-state index is 13.1. The van der Waals surface area contributed by atoms with Crippen LogP contribution in [0.3, 0.4) is 0 Å². The Bertz CT molecular complexity index is 917. The molecule has 7 nitrogen and oxygen atoms in total. The van der Waals surface area contributed by atoms with Crippen LogP contribution in [-0.2, 0) is 6.54 Å². The molecule has 0 amide bonds. The van der Waals surface area contributed by atoms with E-state index in [0.29, 0.717) is 12.5 Å². The largest absolute Gasteiger partial charge is 0.370 e. The van der Waals surface area contributed by atoms with E-state index in [1.807, 2.05) is 12.1 Å². The van der Waals surface area contributed by atoms with Gasteiger partial charge < -0.3 is 15.5 Å². The molecule has 1 saturated heterocycles. The number of rotatable bonds is 3. The van der Waals surface area contributed by atoms with Gasteiger partial charge in [-0.3, -0.25) is 0 Å². The Kier molecular flexibility index (Phi) is 6.09. The summed E-state index contributed by atoms with van der Waals surface area (Å²) in [5, 5.41) is 4.26. The van der Waals surface area contributed by atoms with Gasteiger partial charge >= 0.3 is 0 Å². The molecule has 0 spiro atoms. The first-order valence-electron chi connectivity index (χ1n) is 8.54. The van der Waals surface area contributed by atoms with Gasteiger partial charge in [-0.2, -0.15) is 5.10 Å². The molecule has 27 heavy (non-hydrogen) atoms. The van der Waals surface area contributed by atoms with Gasteiger partial charge in [-0.1, -0.05) is 0 Å². The monoisotopic (exact) mass is 481 g/mol. The van der Waals surface area contributed by atoms with Crippen LogP contribution in [0.1, 0.15) is 5.69 Å². The fourth-order valence-electron chi connectivity index (χ4n) is 3.11. The number of hydrogen-bond acceptors (Lipinski definition) is 4. The van der Waals surface area contributed by atoms with Crippen molar-refractivity contribution < 1.29 is 4.39 Å². The third-order valence-corrected chi connectivity index (χ3v) is 4.57. The lowest BCUT2D eigenvalue weighted by atomic mass is 10.2. The molecule has 3 aromatic rings. The number of fused-ring (bicyclic) bond motifs is 1. The van der Waals surface area contributed by atoms with Crippen molar-refractivity contribution in [2.75, 3.05) is 31.1 Å². The lowest BCUT2D eigenvalue weighted by Crippen LogP contribution is -2.51. The first kappa shape index (κ1) is 19.3. The summed E-state index contributed by atoms with van der Waals surface area (Å²) in [4.78, 5) is 13.1. The topological polar surface area (TPSA) is 75.0 Å². The molecule has 0 saturated carbocycles. The quantitative estimate of drug-likeness (QED) is 0.353. The van der Waals surface area contributed by atoms with Crippen molar-refractivity contribution in [3.8, 4) is 0 Å². The number of piperazine rings is 1. The van der Waals surface area contributed by atoms with Gasteiger partial charge in [-0.25, -0.2) is 18.9 Å². The summed E-state index contributed by atoms with van der Waals surface area (Å²) >= 11 is 0. The van der Waals surface area contributed by atoms with Crippen LogP contribution in [0.4, 0.5) is 10.1 Å². The Morgan fingerprint density at radius 2 is 1.78 bits per heavy atom. The van der Waals surface area contributed by atoms with E-state index in [9.17, 15) is 4.39 Å². The molecule has 0 aliphatic carbocycles. The number of nitrogens with two attached hydrogens (primary N) is 1. The molecule has 1 aliphatic rings. The summed E-state index contributed by atoms with van der Waals surface area (Å²) in [7, 11) is 0.